The maximum absolute atomic E-state index is 11.1. The second-order valence-corrected chi connectivity index (χ2v) is 3.66. The molecule has 0 radical (unpaired) electrons. The summed E-state index contributed by atoms with van der Waals surface area (Å²) < 4.78 is 11.1. The minimum Gasteiger partial charge on any atom is -0.448 e. The van der Waals surface area contributed by atoms with Gasteiger partial charge in [0.2, 0.25) is 0 Å². The summed E-state index contributed by atoms with van der Waals surface area (Å²) in [5.74, 6) is 0. The van der Waals surface area contributed by atoms with Gasteiger partial charge in [-0.1, -0.05) is 0 Å². The molecule has 7 heteroatoms. The molecule has 7 nitrogen and oxygen atoms in total. The van der Waals surface area contributed by atoms with E-state index in [2.05, 4.69) is 19.5 Å². The highest BCUT2D eigenvalue weighted by Gasteiger charge is 2.03. The van der Waals surface area contributed by atoms with Crippen LogP contribution in [0.25, 0.3) is 0 Å². The van der Waals surface area contributed by atoms with Gasteiger partial charge in [-0.3, -0.25) is 0 Å². The van der Waals surface area contributed by atoms with Crippen LogP contribution in [0, 0.1) is 0 Å². The molecular weight excluding hydrogens is 262 g/mol. The first-order valence-corrected chi connectivity index (χ1v) is 6.15. The third-order valence-corrected chi connectivity index (χ3v) is 2.34. The van der Waals surface area contributed by atoms with Crippen molar-refractivity contribution >= 4 is 24.6 Å². The minimum atomic E-state index is -0.643. The SMILES string of the molecule is CCOC(=O)/N=C/c1ccc(/C=N/C(=O)OCC)n1C. The van der Waals surface area contributed by atoms with Gasteiger partial charge in [0.15, 0.2) is 0 Å². The van der Waals surface area contributed by atoms with Crippen LogP contribution in [-0.4, -0.2) is 42.4 Å². The van der Waals surface area contributed by atoms with Crippen LogP contribution in [0.3, 0.4) is 0 Å². The van der Waals surface area contributed by atoms with Crippen molar-refractivity contribution < 1.29 is 19.1 Å². The Morgan fingerprint density at radius 1 is 1.05 bits per heavy atom. The second kappa shape index (κ2) is 7.88. The van der Waals surface area contributed by atoms with Crippen LogP contribution in [0.1, 0.15) is 25.2 Å². The zero-order valence-electron chi connectivity index (χ0n) is 11.7. The van der Waals surface area contributed by atoms with Crippen LogP contribution in [0.15, 0.2) is 22.1 Å². The van der Waals surface area contributed by atoms with E-state index in [1.165, 1.54) is 12.4 Å². The molecule has 1 aromatic heterocycles. The first-order valence-electron chi connectivity index (χ1n) is 6.15. The molecule has 0 aliphatic heterocycles. The Hall–Kier alpha value is -2.44. The number of rotatable bonds is 4. The molecule has 1 heterocycles. The fourth-order valence-corrected chi connectivity index (χ4v) is 1.36. The molecule has 0 aliphatic rings. The second-order valence-electron chi connectivity index (χ2n) is 3.66. The van der Waals surface area contributed by atoms with Crippen LogP contribution >= 0.6 is 0 Å². The van der Waals surface area contributed by atoms with Crippen molar-refractivity contribution in [2.75, 3.05) is 13.2 Å². The van der Waals surface area contributed by atoms with Gasteiger partial charge in [-0.25, -0.2) is 9.59 Å². The number of ether oxygens (including phenoxy) is 2. The Bertz CT molecular complexity index is 486. The smallest absolute Gasteiger partial charge is 0.433 e. The summed E-state index contributed by atoms with van der Waals surface area (Å²) in [6, 6.07) is 3.49. The van der Waals surface area contributed by atoms with Crippen molar-refractivity contribution in [3.05, 3.63) is 23.5 Å². The monoisotopic (exact) mass is 279 g/mol. The summed E-state index contributed by atoms with van der Waals surface area (Å²) >= 11 is 0. The van der Waals surface area contributed by atoms with Crippen molar-refractivity contribution in [1.29, 1.82) is 0 Å². The largest absolute Gasteiger partial charge is 0.448 e. The molecule has 0 fully saturated rings. The van der Waals surface area contributed by atoms with E-state index in [1.54, 1.807) is 37.6 Å². The van der Waals surface area contributed by atoms with E-state index in [0.717, 1.165) is 0 Å². The number of hydrogen-bond donors (Lipinski definition) is 0. The minimum absolute atomic E-state index is 0.279. The molecule has 1 rings (SSSR count). The average molecular weight is 279 g/mol. The third kappa shape index (κ3) is 4.68. The van der Waals surface area contributed by atoms with E-state index in [0.29, 0.717) is 11.4 Å². The molecule has 1 aromatic rings. The molecule has 0 unspecified atom stereocenters. The van der Waals surface area contributed by atoms with Gasteiger partial charge in [-0.05, 0) is 26.0 Å². The Kier molecular flexibility index (Phi) is 6.15. The molecule has 0 spiro atoms. The lowest BCUT2D eigenvalue weighted by atomic mass is 10.4. The number of carbonyl (C=O) groups excluding carboxylic acids is 2. The van der Waals surface area contributed by atoms with Gasteiger partial charge in [0.1, 0.15) is 0 Å². The van der Waals surface area contributed by atoms with Crippen molar-refractivity contribution in [2.24, 2.45) is 17.0 Å². The zero-order valence-corrected chi connectivity index (χ0v) is 11.7. The predicted molar refractivity (Wildman–Crippen MR) is 74.6 cm³/mol. The first-order chi connectivity index (χ1) is 9.58. The lowest BCUT2D eigenvalue weighted by Gasteiger charge is -2.00. The normalized spacial score (nSPS) is 11.2. The fraction of sp³-hybridized carbons (Fsp3) is 0.385. The molecule has 0 bridgehead atoms. The number of aliphatic imine (C=N–C) groups is 2. The Morgan fingerprint density at radius 3 is 1.80 bits per heavy atom. The molecular formula is C13H17N3O4. The van der Waals surface area contributed by atoms with Gasteiger partial charge in [0, 0.05) is 7.05 Å². The lowest BCUT2D eigenvalue weighted by Crippen LogP contribution is -2.04. The first kappa shape index (κ1) is 15.6. The number of amides is 2. The van der Waals surface area contributed by atoms with Crippen LogP contribution in [-0.2, 0) is 16.5 Å². The highest BCUT2D eigenvalue weighted by atomic mass is 16.5. The summed E-state index contributed by atoms with van der Waals surface area (Å²) in [4.78, 5) is 29.5. The summed E-state index contributed by atoms with van der Waals surface area (Å²) in [6.07, 6.45) is 1.49. The fourth-order valence-electron chi connectivity index (χ4n) is 1.36. The van der Waals surface area contributed by atoms with Crippen molar-refractivity contribution in [3.8, 4) is 0 Å². The van der Waals surface area contributed by atoms with E-state index in [-0.39, 0.29) is 13.2 Å². The third-order valence-electron chi connectivity index (χ3n) is 2.34. The van der Waals surface area contributed by atoms with Crippen molar-refractivity contribution in [3.63, 3.8) is 0 Å². The summed E-state index contributed by atoms with van der Waals surface area (Å²) in [6.45, 7) is 3.97. The highest BCUT2D eigenvalue weighted by molar-refractivity contribution is 5.91. The number of carbonyl (C=O) groups is 2. The number of hydrogen-bond acceptors (Lipinski definition) is 4. The van der Waals surface area contributed by atoms with Gasteiger partial charge in [-0.15, -0.1) is 0 Å². The summed E-state index contributed by atoms with van der Waals surface area (Å²) in [7, 11) is 1.76. The zero-order chi connectivity index (χ0) is 15.0. The maximum atomic E-state index is 11.1. The quantitative estimate of drug-likeness (QED) is 0.791. The predicted octanol–water partition coefficient (Wildman–Crippen LogP) is 2.18. The number of aromatic nitrogens is 1. The van der Waals surface area contributed by atoms with Gasteiger partial charge in [-0.2, -0.15) is 9.98 Å². The molecule has 0 saturated carbocycles. The molecule has 0 aromatic carbocycles. The summed E-state index contributed by atoms with van der Waals surface area (Å²) in [5.41, 5.74) is 1.37. The molecule has 108 valence electrons. The molecule has 0 N–H and O–H groups in total. The van der Waals surface area contributed by atoms with Gasteiger partial charge >= 0.3 is 12.2 Å². The van der Waals surface area contributed by atoms with Crippen LogP contribution in [0.4, 0.5) is 9.59 Å². The number of nitrogens with zero attached hydrogens (tertiary/aromatic N) is 3. The average Bonchev–Trinajstić information content (AvgIpc) is 2.76. The molecule has 0 atom stereocenters. The van der Waals surface area contributed by atoms with Crippen LogP contribution in [0.5, 0.6) is 0 Å². The lowest BCUT2D eigenvalue weighted by molar-refractivity contribution is 0.163. The summed E-state index contributed by atoms with van der Waals surface area (Å²) in [5, 5.41) is 0. The standard InChI is InChI=1S/C13H17N3O4/c1-4-19-12(17)14-8-10-6-7-11(16(10)3)9-15-13(18)20-5-2/h6-9H,4-5H2,1-3H3/b14-8+,15-9+. The Labute approximate surface area is 116 Å². The van der Waals surface area contributed by atoms with Crippen LogP contribution < -0.4 is 0 Å². The van der Waals surface area contributed by atoms with Crippen molar-refractivity contribution in [1.82, 2.24) is 4.57 Å². The van der Waals surface area contributed by atoms with Gasteiger partial charge in [0.05, 0.1) is 37.0 Å². The molecule has 2 amide bonds. The van der Waals surface area contributed by atoms with E-state index >= 15 is 0 Å². The van der Waals surface area contributed by atoms with Crippen molar-refractivity contribution in [2.45, 2.75) is 13.8 Å². The molecule has 0 aliphatic carbocycles. The van der Waals surface area contributed by atoms with E-state index < -0.39 is 12.2 Å². The molecule has 0 saturated heterocycles. The Balaban J connectivity index is 2.74. The van der Waals surface area contributed by atoms with E-state index in [4.69, 9.17) is 0 Å². The maximum Gasteiger partial charge on any atom is 0.433 e. The van der Waals surface area contributed by atoms with E-state index in [9.17, 15) is 9.59 Å². The topological polar surface area (TPSA) is 82.2 Å². The molecule has 20 heavy (non-hydrogen) atoms. The highest BCUT2D eigenvalue weighted by Crippen LogP contribution is 2.03. The Morgan fingerprint density at radius 2 is 1.45 bits per heavy atom. The van der Waals surface area contributed by atoms with Gasteiger partial charge in [0.25, 0.3) is 0 Å². The van der Waals surface area contributed by atoms with E-state index in [1.807, 2.05) is 0 Å². The van der Waals surface area contributed by atoms with Gasteiger partial charge < -0.3 is 14.0 Å². The van der Waals surface area contributed by atoms with Crippen LogP contribution in [0.2, 0.25) is 0 Å².